The van der Waals surface area contributed by atoms with Gasteiger partial charge in [-0.25, -0.2) is 0 Å². The molecule has 2 aliphatic rings. The highest BCUT2D eigenvalue weighted by Crippen LogP contribution is 2.35. The van der Waals surface area contributed by atoms with Crippen molar-refractivity contribution in [1.29, 1.82) is 0 Å². The van der Waals surface area contributed by atoms with E-state index in [1.54, 1.807) is 0 Å². The van der Waals surface area contributed by atoms with Crippen LogP contribution in [0.25, 0.3) is 0 Å². The van der Waals surface area contributed by atoms with Crippen molar-refractivity contribution < 1.29 is 5.11 Å². The number of hydrogen-bond acceptors (Lipinski definition) is 3. The van der Waals surface area contributed by atoms with Gasteiger partial charge in [-0.15, -0.1) is 0 Å². The summed E-state index contributed by atoms with van der Waals surface area (Å²) in [6, 6.07) is 1.33. The molecule has 3 nitrogen and oxygen atoms in total. The van der Waals surface area contributed by atoms with E-state index in [0.29, 0.717) is 12.1 Å². The Bertz CT molecular complexity index is 220. The molecule has 3 atom stereocenters. The second-order valence-electron chi connectivity index (χ2n) is 6.02. The summed E-state index contributed by atoms with van der Waals surface area (Å²) < 4.78 is 0. The molecule has 3 unspecified atom stereocenters. The van der Waals surface area contributed by atoms with Gasteiger partial charge in [-0.3, -0.25) is 4.90 Å². The first-order valence-corrected chi connectivity index (χ1v) is 7.35. The van der Waals surface area contributed by atoms with Gasteiger partial charge in [0.15, 0.2) is 0 Å². The molecule has 2 fully saturated rings. The summed E-state index contributed by atoms with van der Waals surface area (Å²) in [5.74, 6) is 0.722. The number of fused-ring (bicyclic) bond motifs is 2. The number of piperidine rings is 1. The number of aliphatic hydroxyl groups is 1. The van der Waals surface area contributed by atoms with Crippen molar-refractivity contribution in [3.8, 4) is 0 Å². The molecule has 3 heteroatoms. The fraction of sp³-hybridized carbons (Fsp3) is 1.00. The molecule has 0 aromatic rings. The first-order chi connectivity index (χ1) is 8.20. The van der Waals surface area contributed by atoms with Gasteiger partial charge in [0.05, 0.1) is 6.10 Å². The second-order valence-corrected chi connectivity index (χ2v) is 6.02. The lowest BCUT2D eigenvalue weighted by Crippen LogP contribution is -2.47. The monoisotopic (exact) mass is 240 g/mol. The summed E-state index contributed by atoms with van der Waals surface area (Å²) in [5.41, 5.74) is 0. The maximum atomic E-state index is 9.78. The van der Waals surface area contributed by atoms with E-state index in [1.807, 2.05) is 0 Å². The molecule has 2 saturated heterocycles. The van der Waals surface area contributed by atoms with Gasteiger partial charge in [-0.1, -0.05) is 13.8 Å². The third-order valence-electron chi connectivity index (χ3n) is 4.30. The maximum absolute atomic E-state index is 9.78. The van der Waals surface area contributed by atoms with Crippen LogP contribution in [0.15, 0.2) is 0 Å². The van der Waals surface area contributed by atoms with Gasteiger partial charge in [-0.05, 0) is 51.1 Å². The molecule has 100 valence electrons. The Morgan fingerprint density at radius 2 is 1.94 bits per heavy atom. The Balaban J connectivity index is 1.75. The van der Waals surface area contributed by atoms with Gasteiger partial charge in [0, 0.05) is 18.6 Å². The van der Waals surface area contributed by atoms with Crippen LogP contribution in [0.5, 0.6) is 0 Å². The molecular weight excluding hydrogens is 212 g/mol. The van der Waals surface area contributed by atoms with Crippen LogP contribution >= 0.6 is 0 Å². The summed E-state index contributed by atoms with van der Waals surface area (Å²) in [6.07, 6.45) is 5.80. The Morgan fingerprint density at radius 1 is 1.29 bits per heavy atom. The van der Waals surface area contributed by atoms with Crippen molar-refractivity contribution in [1.82, 2.24) is 10.2 Å². The van der Waals surface area contributed by atoms with Crippen LogP contribution in [0.1, 0.15) is 46.0 Å². The SMILES string of the molecule is CCCNCC(C)CN1C2CCC1CC(O)C2. The molecule has 17 heavy (non-hydrogen) atoms. The molecule has 2 N–H and O–H groups in total. The molecule has 0 radical (unpaired) electrons. The Hall–Kier alpha value is -0.120. The third-order valence-corrected chi connectivity index (χ3v) is 4.30. The van der Waals surface area contributed by atoms with Gasteiger partial charge in [0.2, 0.25) is 0 Å². The molecule has 2 rings (SSSR count). The minimum Gasteiger partial charge on any atom is -0.393 e. The highest BCUT2D eigenvalue weighted by atomic mass is 16.3. The quantitative estimate of drug-likeness (QED) is 0.692. The van der Waals surface area contributed by atoms with E-state index >= 15 is 0 Å². The first kappa shape index (κ1) is 13.3. The fourth-order valence-corrected chi connectivity index (χ4v) is 3.49. The zero-order chi connectivity index (χ0) is 12.3. The Morgan fingerprint density at radius 3 is 2.53 bits per heavy atom. The molecule has 2 aliphatic heterocycles. The maximum Gasteiger partial charge on any atom is 0.0570 e. The fourth-order valence-electron chi connectivity index (χ4n) is 3.49. The first-order valence-electron chi connectivity index (χ1n) is 7.35. The normalized spacial score (nSPS) is 35.1. The minimum atomic E-state index is -0.0303. The van der Waals surface area contributed by atoms with Crippen molar-refractivity contribution in [2.45, 2.75) is 64.1 Å². The van der Waals surface area contributed by atoms with E-state index in [1.165, 1.54) is 25.8 Å². The number of nitrogens with zero attached hydrogens (tertiary/aromatic N) is 1. The van der Waals surface area contributed by atoms with Gasteiger partial charge in [-0.2, -0.15) is 0 Å². The molecule has 0 aromatic carbocycles. The average molecular weight is 240 g/mol. The Labute approximate surface area is 106 Å². The smallest absolute Gasteiger partial charge is 0.0570 e. The molecule has 2 bridgehead atoms. The van der Waals surface area contributed by atoms with E-state index in [9.17, 15) is 5.11 Å². The summed E-state index contributed by atoms with van der Waals surface area (Å²) in [6.45, 7) is 8.03. The summed E-state index contributed by atoms with van der Waals surface area (Å²) >= 11 is 0. The molecule has 0 aliphatic carbocycles. The predicted molar refractivity (Wildman–Crippen MR) is 71.1 cm³/mol. The van der Waals surface area contributed by atoms with Gasteiger partial charge >= 0.3 is 0 Å². The molecule has 0 spiro atoms. The zero-order valence-electron chi connectivity index (χ0n) is 11.4. The van der Waals surface area contributed by atoms with Crippen LogP contribution in [0.4, 0.5) is 0 Å². The third kappa shape index (κ3) is 3.43. The second kappa shape index (κ2) is 6.17. The van der Waals surface area contributed by atoms with Crippen LogP contribution < -0.4 is 5.32 Å². The van der Waals surface area contributed by atoms with Crippen molar-refractivity contribution in [3.63, 3.8) is 0 Å². The summed E-state index contributed by atoms with van der Waals surface area (Å²) in [5, 5.41) is 13.3. The van der Waals surface area contributed by atoms with Crippen molar-refractivity contribution >= 4 is 0 Å². The van der Waals surface area contributed by atoms with E-state index in [0.717, 1.165) is 31.8 Å². The van der Waals surface area contributed by atoms with Crippen LogP contribution in [0, 0.1) is 5.92 Å². The van der Waals surface area contributed by atoms with E-state index in [4.69, 9.17) is 0 Å². The van der Waals surface area contributed by atoms with Crippen LogP contribution in [0.3, 0.4) is 0 Å². The number of nitrogens with one attached hydrogen (secondary N) is 1. The number of aliphatic hydroxyl groups excluding tert-OH is 1. The minimum absolute atomic E-state index is 0.0303. The lowest BCUT2D eigenvalue weighted by molar-refractivity contribution is 0.0283. The molecule has 0 aromatic heterocycles. The van der Waals surface area contributed by atoms with E-state index in [-0.39, 0.29) is 6.10 Å². The highest BCUT2D eigenvalue weighted by molar-refractivity contribution is 4.95. The zero-order valence-corrected chi connectivity index (χ0v) is 11.4. The van der Waals surface area contributed by atoms with Crippen LogP contribution in [0.2, 0.25) is 0 Å². The van der Waals surface area contributed by atoms with Crippen molar-refractivity contribution in [3.05, 3.63) is 0 Å². The van der Waals surface area contributed by atoms with Crippen LogP contribution in [-0.2, 0) is 0 Å². The average Bonchev–Trinajstić information content (AvgIpc) is 2.53. The Kier molecular flexibility index (Phi) is 4.83. The van der Waals surface area contributed by atoms with Gasteiger partial charge in [0.1, 0.15) is 0 Å². The number of rotatable bonds is 6. The molecular formula is C14H28N2O. The molecule has 2 heterocycles. The number of hydrogen-bond donors (Lipinski definition) is 2. The molecule has 0 amide bonds. The van der Waals surface area contributed by atoms with Gasteiger partial charge in [0.25, 0.3) is 0 Å². The topological polar surface area (TPSA) is 35.5 Å². The summed E-state index contributed by atoms with van der Waals surface area (Å²) in [4.78, 5) is 2.67. The summed E-state index contributed by atoms with van der Waals surface area (Å²) in [7, 11) is 0. The largest absolute Gasteiger partial charge is 0.393 e. The van der Waals surface area contributed by atoms with Crippen LogP contribution in [-0.4, -0.2) is 47.8 Å². The standard InChI is InChI=1S/C14H28N2O/c1-3-6-15-9-11(2)10-16-12-4-5-13(16)8-14(17)7-12/h11-15,17H,3-10H2,1-2H3. The van der Waals surface area contributed by atoms with Crippen molar-refractivity contribution in [2.24, 2.45) is 5.92 Å². The lowest BCUT2D eigenvalue weighted by Gasteiger charge is -2.38. The lowest BCUT2D eigenvalue weighted by atomic mass is 9.98. The highest BCUT2D eigenvalue weighted by Gasteiger charge is 2.40. The van der Waals surface area contributed by atoms with Crippen molar-refractivity contribution in [2.75, 3.05) is 19.6 Å². The van der Waals surface area contributed by atoms with E-state index < -0.39 is 0 Å². The molecule has 0 saturated carbocycles. The van der Waals surface area contributed by atoms with E-state index in [2.05, 4.69) is 24.1 Å². The predicted octanol–water partition coefficient (Wildman–Crippen LogP) is 1.61. The van der Waals surface area contributed by atoms with Gasteiger partial charge < -0.3 is 10.4 Å².